The highest BCUT2D eigenvalue weighted by molar-refractivity contribution is 5.42. The molecule has 0 bridgehead atoms. The summed E-state index contributed by atoms with van der Waals surface area (Å²) in [5, 5.41) is 3.35. The quantitative estimate of drug-likeness (QED) is 0.873. The molecule has 0 amide bonds. The van der Waals surface area contributed by atoms with E-state index in [0.29, 0.717) is 0 Å². The largest absolute Gasteiger partial charge is 0.352 e. The van der Waals surface area contributed by atoms with Crippen molar-refractivity contribution in [1.82, 2.24) is 19.9 Å². The Kier molecular flexibility index (Phi) is 4.74. The lowest BCUT2D eigenvalue weighted by Crippen LogP contribution is -2.21. The van der Waals surface area contributed by atoms with Gasteiger partial charge in [0.2, 0.25) is 0 Å². The van der Waals surface area contributed by atoms with Gasteiger partial charge < -0.3 is 14.8 Å². The van der Waals surface area contributed by atoms with E-state index in [1.54, 1.807) is 0 Å². The number of rotatable bonds is 6. The van der Waals surface area contributed by atoms with Crippen molar-refractivity contribution in [3.8, 4) is 0 Å². The molecule has 2 heterocycles. The Morgan fingerprint density at radius 3 is 2.80 bits per heavy atom. The first-order valence-electron chi connectivity index (χ1n) is 6.95. The Hall–Kier alpha value is -1.88. The summed E-state index contributed by atoms with van der Waals surface area (Å²) in [7, 11) is 4.06. The predicted octanol–water partition coefficient (Wildman–Crippen LogP) is 1.87. The van der Waals surface area contributed by atoms with E-state index in [-0.39, 0.29) is 0 Å². The van der Waals surface area contributed by atoms with E-state index in [4.69, 9.17) is 0 Å². The summed E-state index contributed by atoms with van der Waals surface area (Å²) in [6.07, 6.45) is 3.78. The Bertz CT molecular complexity index is 561. The van der Waals surface area contributed by atoms with Gasteiger partial charge in [-0.3, -0.25) is 0 Å². The molecule has 2 aromatic rings. The molecule has 20 heavy (non-hydrogen) atoms. The van der Waals surface area contributed by atoms with Gasteiger partial charge in [0, 0.05) is 38.7 Å². The minimum absolute atomic E-state index is 0.751. The SMILES string of the molecule is CCNCc1cc(C)nc(N(C)Cc2nccn2C)c1. The number of nitrogens with zero attached hydrogens (tertiary/aromatic N) is 4. The molecule has 0 spiro atoms. The first-order chi connectivity index (χ1) is 9.60. The van der Waals surface area contributed by atoms with Gasteiger partial charge in [0.25, 0.3) is 0 Å². The van der Waals surface area contributed by atoms with Gasteiger partial charge in [-0.25, -0.2) is 9.97 Å². The maximum atomic E-state index is 4.61. The smallest absolute Gasteiger partial charge is 0.129 e. The lowest BCUT2D eigenvalue weighted by atomic mass is 10.2. The van der Waals surface area contributed by atoms with Crippen LogP contribution in [0.3, 0.4) is 0 Å². The molecule has 0 aliphatic rings. The molecule has 5 heteroatoms. The van der Waals surface area contributed by atoms with Crippen molar-refractivity contribution in [3.05, 3.63) is 41.6 Å². The van der Waals surface area contributed by atoms with Gasteiger partial charge in [0.05, 0.1) is 6.54 Å². The molecule has 0 fully saturated rings. The highest BCUT2D eigenvalue weighted by Gasteiger charge is 2.08. The zero-order valence-corrected chi connectivity index (χ0v) is 12.7. The molecule has 108 valence electrons. The molecule has 0 saturated carbocycles. The maximum absolute atomic E-state index is 4.61. The third kappa shape index (κ3) is 3.57. The van der Waals surface area contributed by atoms with Crippen molar-refractivity contribution in [2.24, 2.45) is 7.05 Å². The van der Waals surface area contributed by atoms with Crippen LogP contribution in [-0.2, 0) is 20.1 Å². The Morgan fingerprint density at radius 2 is 2.15 bits per heavy atom. The Labute approximate surface area is 120 Å². The van der Waals surface area contributed by atoms with Gasteiger partial charge in [-0.05, 0) is 31.2 Å². The van der Waals surface area contributed by atoms with E-state index in [1.807, 2.05) is 38.0 Å². The van der Waals surface area contributed by atoms with Crippen molar-refractivity contribution in [2.75, 3.05) is 18.5 Å². The van der Waals surface area contributed by atoms with E-state index in [0.717, 1.165) is 37.0 Å². The third-order valence-corrected chi connectivity index (χ3v) is 3.27. The topological polar surface area (TPSA) is 46.0 Å². The maximum Gasteiger partial charge on any atom is 0.129 e. The van der Waals surface area contributed by atoms with Crippen molar-refractivity contribution >= 4 is 5.82 Å². The molecule has 0 unspecified atom stereocenters. The summed E-state index contributed by atoms with van der Waals surface area (Å²) in [5.74, 6) is 2.02. The molecule has 1 N–H and O–H groups in total. The summed E-state index contributed by atoms with van der Waals surface area (Å²) >= 11 is 0. The van der Waals surface area contributed by atoms with E-state index in [2.05, 4.69) is 39.2 Å². The normalized spacial score (nSPS) is 10.8. The van der Waals surface area contributed by atoms with Crippen LogP contribution in [-0.4, -0.2) is 28.1 Å². The van der Waals surface area contributed by atoms with Crippen LogP contribution >= 0.6 is 0 Å². The third-order valence-electron chi connectivity index (χ3n) is 3.27. The van der Waals surface area contributed by atoms with Gasteiger partial charge in [-0.15, -0.1) is 0 Å². The highest BCUT2D eigenvalue weighted by atomic mass is 15.2. The number of imidazole rings is 1. The molecule has 2 aromatic heterocycles. The average molecular weight is 273 g/mol. The molecule has 2 rings (SSSR count). The van der Waals surface area contributed by atoms with Crippen LogP contribution in [0.1, 0.15) is 24.0 Å². The number of anilines is 1. The minimum Gasteiger partial charge on any atom is -0.352 e. The van der Waals surface area contributed by atoms with E-state index < -0.39 is 0 Å². The van der Waals surface area contributed by atoms with Crippen molar-refractivity contribution in [2.45, 2.75) is 26.9 Å². The molecular formula is C15H23N5. The van der Waals surface area contributed by atoms with E-state index >= 15 is 0 Å². The van der Waals surface area contributed by atoms with Crippen molar-refractivity contribution < 1.29 is 0 Å². The number of hydrogen-bond donors (Lipinski definition) is 1. The van der Waals surface area contributed by atoms with Crippen molar-refractivity contribution in [3.63, 3.8) is 0 Å². The standard InChI is InChI=1S/C15H23N5/c1-5-16-10-13-8-12(2)18-14(9-13)20(4)11-15-17-6-7-19(15)3/h6-9,16H,5,10-11H2,1-4H3. The fourth-order valence-corrected chi connectivity index (χ4v) is 2.13. The molecule has 0 aliphatic heterocycles. The number of hydrogen-bond acceptors (Lipinski definition) is 4. The molecule has 0 radical (unpaired) electrons. The van der Waals surface area contributed by atoms with Crippen LogP contribution in [0.15, 0.2) is 24.5 Å². The molecule has 5 nitrogen and oxygen atoms in total. The second kappa shape index (κ2) is 6.52. The first-order valence-corrected chi connectivity index (χ1v) is 6.95. The fourth-order valence-electron chi connectivity index (χ4n) is 2.13. The van der Waals surface area contributed by atoms with Crippen LogP contribution in [0, 0.1) is 6.92 Å². The number of nitrogens with one attached hydrogen (secondary N) is 1. The van der Waals surface area contributed by atoms with E-state index in [9.17, 15) is 0 Å². The monoisotopic (exact) mass is 273 g/mol. The van der Waals surface area contributed by atoms with Crippen LogP contribution in [0.2, 0.25) is 0 Å². The second-order valence-corrected chi connectivity index (χ2v) is 5.07. The Morgan fingerprint density at radius 1 is 1.35 bits per heavy atom. The van der Waals surface area contributed by atoms with Gasteiger partial charge in [0.1, 0.15) is 11.6 Å². The number of aryl methyl sites for hydroxylation is 2. The molecule has 0 saturated heterocycles. The first kappa shape index (κ1) is 14.5. The molecule has 0 aromatic carbocycles. The van der Waals surface area contributed by atoms with E-state index in [1.165, 1.54) is 5.56 Å². The summed E-state index contributed by atoms with van der Waals surface area (Å²) in [6, 6.07) is 4.26. The predicted molar refractivity (Wildman–Crippen MR) is 81.7 cm³/mol. The summed E-state index contributed by atoms with van der Waals surface area (Å²) in [6.45, 7) is 6.75. The van der Waals surface area contributed by atoms with Crippen LogP contribution < -0.4 is 10.2 Å². The second-order valence-electron chi connectivity index (χ2n) is 5.07. The van der Waals surface area contributed by atoms with Gasteiger partial charge in [0.15, 0.2) is 0 Å². The summed E-state index contributed by atoms with van der Waals surface area (Å²) in [4.78, 5) is 11.1. The van der Waals surface area contributed by atoms with Crippen LogP contribution in [0.25, 0.3) is 0 Å². The average Bonchev–Trinajstić information content (AvgIpc) is 2.81. The number of pyridine rings is 1. The van der Waals surface area contributed by atoms with Gasteiger partial charge in [-0.1, -0.05) is 6.92 Å². The highest BCUT2D eigenvalue weighted by Crippen LogP contribution is 2.15. The lowest BCUT2D eigenvalue weighted by molar-refractivity contribution is 0.721. The zero-order valence-electron chi connectivity index (χ0n) is 12.7. The Balaban J connectivity index is 2.14. The fraction of sp³-hybridized carbons (Fsp3) is 0.467. The van der Waals surface area contributed by atoms with Crippen LogP contribution in [0.5, 0.6) is 0 Å². The minimum atomic E-state index is 0.751. The van der Waals surface area contributed by atoms with Crippen LogP contribution in [0.4, 0.5) is 5.82 Å². The zero-order chi connectivity index (χ0) is 14.5. The lowest BCUT2D eigenvalue weighted by Gasteiger charge is -2.19. The number of aromatic nitrogens is 3. The summed E-state index contributed by atoms with van der Waals surface area (Å²) in [5.41, 5.74) is 2.31. The van der Waals surface area contributed by atoms with Gasteiger partial charge >= 0.3 is 0 Å². The molecular weight excluding hydrogens is 250 g/mol. The molecule has 0 atom stereocenters. The van der Waals surface area contributed by atoms with Crippen molar-refractivity contribution in [1.29, 1.82) is 0 Å². The molecule has 0 aliphatic carbocycles. The summed E-state index contributed by atoms with van der Waals surface area (Å²) < 4.78 is 2.03. The van der Waals surface area contributed by atoms with Gasteiger partial charge in [-0.2, -0.15) is 0 Å².